The van der Waals surface area contributed by atoms with Crippen LogP contribution < -0.4 is 10.1 Å². The maximum Gasteiger partial charge on any atom is 0.317 e. The van der Waals surface area contributed by atoms with Crippen molar-refractivity contribution in [1.82, 2.24) is 10.2 Å². The number of urea groups is 1. The molecule has 4 nitrogen and oxygen atoms in total. The summed E-state index contributed by atoms with van der Waals surface area (Å²) in [6, 6.07) is 7.88. The van der Waals surface area contributed by atoms with Crippen molar-refractivity contribution in [1.29, 1.82) is 0 Å². The maximum absolute atomic E-state index is 11.2. The first-order valence-electron chi connectivity index (χ1n) is 5.17. The second-order valence-corrected chi connectivity index (χ2v) is 4.77. The molecule has 1 aromatic rings. The van der Waals surface area contributed by atoms with Crippen molar-refractivity contribution < 1.29 is 9.53 Å². The zero-order valence-corrected chi connectivity index (χ0v) is 10.9. The summed E-state index contributed by atoms with van der Waals surface area (Å²) < 4.78 is 6.73. The summed E-state index contributed by atoms with van der Waals surface area (Å²) >= 11 is 2.25. The van der Waals surface area contributed by atoms with Crippen molar-refractivity contribution >= 4 is 28.6 Å². The van der Waals surface area contributed by atoms with E-state index in [-0.39, 0.29) is 6.03 Å². The Morgan fingerprint density at radius 3 is 2.75 bits per heavy atom. The number of amides is 2. The van der Waals surface area contributed by atoms with Crippen LogP contribution in [-0.4, -0.2) is 37.2 Å². The highest BCUT2D eigenvalue weighted by Gasteiger charge is 2.18. The number of hydrogen-bond donors (Lipinski definition) is 1. The highest BCUT2D eigenvalue weighted by atomic mass is 127. The average Bonchev–Trinajstić information content (AvgIpc) is 2.68. The molecule has 0 aliphatic carbocycles. The van der Waals surface area contributed by atoms with E-state index in [1.54, 1.807) is 4.90 Å². The van der Waals surface area contributed by atoms with Crippen LogP contribution >= 0.6 is 22.6 Å². The summed E-state index contributed by atoms with van der Waals surface area (Å²) in [6.07, 6.45) is 0. The van der Waals surface area contributed by atoms with Crippen LogP contribution in [0.5, 0.6) is 5.75 Å². The van der Waals surface area contributed by atoms with Crippen LogP contribution in [0.3, 0.4) is 0 Å². The fourth-order valence-corrected chi connectivity index (χ4v) is 1.89. The Balaban J connectivity index is 1.75. The van der Waals surface area contributed by atoms with E-state index in [9.17, 15) is 4.79 Å². The van der Waals surface area contributed by atoms with E-state index < -0.39 is 0 Å². The summed E-state index contributed by atoms with van der Waals surface area (Å²) in [5.74, 6) is 0.847. The summed E-state index contributed by atoms with van der Waals surface area (Å²) in [6.45, 7) is 2.68. The predicted octanol–water partition coefficient (Wildman–Crippen LogP) is 1.70. The number of halogens is 1. The molecule has 0 radical (unpaired) electrons. The van der Waals surface area contributed by atoms with Crippen LogP contribution in [0.15, 0.2) is 24.3 Å². The van der Waals surface area contributed by atoms with Gasteiger partial charge in [0.25, 0.3) is 0 Å². The van der Waals surface area contributed by atoms with Gasteiger partial charge in [0.15, 0.2) is 0 Å². The van der Waals surface area contributed by atoms with Gasteiger partial charge in [-0.1, -0.05) is 0 Å². The van der Waals surface area contributed by atoms with Gasteiger partial charge in [0.1, 0.15) is 12.4 Å². The number of carbonyl (C=O) groups is 1. The molecule has 2 amide bonds. The number of benzene rings is 1. The van der Waals surface area contributed by atoms with Crippen molar-refractivity contribution in [3.05, 3.63) is 27.8 Å². The molecule has 16 heavy (non-hydrogen) atoms. The molecule has 86 valence electrons. The Labute approximate surface area is 108 Å². The van der Waals surface area contributed by atoms with Gasteiger partial charge in [-0.3, -0.25) is 0 Å². The van der Waals surface area contributed by atoms with E-state index in [0.29, 0.717) is 13.2 Å². The summed E-state index contributed by atoms with van der Waals surface area (Å²) in [5, 5.41) is 2.76. The summed E-state index contributed by atoms with van der Waals surface area (Å²) in [7, 11) is 0. The summed E-state index contributed by atoms with van der Waals surface area (Å²) in [5.41, 5.74) is 0. The standard InChI is InChI=1S/C11H13IN2O2/c12-9-1-3-10(4-2-9)16-8-7-14-6-5-13-11(14)15/h1-4H,5-8H2,(H,13,15). The molecule has 1 N–H and O–H groups in total. The monoisotopic (exact) mass is 332 g/mol. The Hall–Kier alpha value is -0.980. The van der Waals surface area contributed by atoms with Gasteiger partial charge in [-0.05, 0) is 46.9 Å². The van der Waals surface area contributed by atoms with Crippen LogP contribution in [0.2, 0.25) is 0 Å². The minimum Gasteiger partial charge on any atom is -0.492 e. The SMILES string of the molecule is O=C1NCCN1CCOc1ccc(I)cc1. The van der Waals surface area contributed by atoms with Gasteiger partial charge in [0.05, 0.1) is 6.54 Å². The van der Waals surface area contributed by atoms with E-state index in [4.69, 9.17) is 4.74 Å². The Kier molecular flexibility index (Phi) is 3.87. The van der Waals surface area contributed by atoms with Crippen LogP contribution in [-0.2, 0) is 0 Å². The molecule has 0 bridgehead atoms. The van der Waals surface area contributed by atoms with E-state index in [1.165, 1.54) is 3.57 Å². The third-order valence-electron chi connectivity index (χ3n) is 2.39. The molecule has 1 heterocycles. The molecule has 1 aliphatic heterocycles. The Morgan fingerprint density at radius 2 is 2.12 bits per heavy atom. The van der Waals surface area contributed by atoms with E-state index >= 15 is 0 Å². The van der Waals surface area contributed by atoms with Gasteiger partial charge in [0.2, 0.25) is 0 Å². The first-order valence-corrected chi connectivity index (χ1v) is 6.25. The molecular weight excluding hydrogens is 319 g/mol. The lowest BCUT2D eigenvalue weighted by atomic mass is 10.3. The van der Waals surface area contributed by atoms with Crippen LogP contribution in [0, 0.1) is 3.57 Å². The van der Waals surface area contributed by atoms with Gasteiger partial charge in [-0.15, -0.1) is 0 Å². The van der Waals surface area contributed by atoms with Crippen molar-refractivity contribution in [2.45, 2.75) is 0 Å². The van der Waals surface area contributed by atoms with Gasteiger partial charge in [-0.2, -0.15) is 0 Å². The third-order valence-corrected chi connectivity index (χ3v) is 3.11. The highest BCUT2D eigenvalue weighted by Crippen LogP contribution is 2.13. The lowest BCUT2D eigenvalue weighted by Gasteiger charge is -2.14. The molecule has 0 unspecified atom stereocenters. The van der Waals surface area contributed by atoms with Crippen LogP contribution in [0.1, 0.15) is 0 Å². The number of ether oxygens (including phenoxy) is 1. The van der Waals surface area contributed by atoms with Gasteiger partial charge in [0, 0.05) is 16.7 Å². The van der Waals surface area contributed by atoms with Crippen molar-refractivity contribution in [3.63, 3.8) is 0 Å². The second-order valence-electron chi connectivity index (χ2n) is 3.52. The average molecular weight is 332 g/mol. The van der Waals surface area contributed by atoms with E-state index in [1.807, 2.05) is 24.3 Å². The second kappa shape index (κ2) is 5.38. The molecule has 0 aromatic heterocycles. The fraction of sp³-hybridized carbons (Fsp3) is 0.364. The zero-order valence-electron chi connectivity index (χ0n) is 8.78. The minimum absolute atomic E-state index is 0.00575. The van der Waals surface area contributed by atoms with E-state index in [2.05, 4.69) is 27.9 Å². The van der Waals surface area contributed by atoms with Crippen molar-refractivity contribution in [3.8, 4) is 5.75 Å². The number of carbonyl (C=O) groups excluding carboxylic acids is 1. The molecule has 1 aliphatic rings. The van der Waals surface area contributed by atoms with Crippen molar-refractivity contribution in [2.75, 3.05) is 26.2 Å². The van der Waals surface area contributed by atoms with Gasteiger partial charge >= 0.3 is 6.03 Å². The lowest BCUT2D eigenvalue weighted by molar-refractivity contribution is 0.202. The highest BCUT2D eigenvalue weighted by molar-refractivity contribution is 14.1. The normalized spacial score (nSPS) is 15.1. The first kappa shape index (κ1) is 11.5. The van der Waals surface area contributed by atoms with Crippen LogP contribution in [0.4, 0.5) is 4.79 Å². The largest absolute Gasteiger partial charge is 0.492 e. The molecule has 0 spiro atoms. The molecule has 1 fully saturated rings. The minimum atomic E-state index is 0.00575. The van der Waals surface area contributed by atoms with Crippen molar-refractivity contribution in [2.24, 2.45) is 0 Å². The quantitative estimate of drug-likeness (QED) is 0.853. The predicted molar refractivity (Wildman–Crippen MR) is 69.6 cm³/mol. The topological polar surface area (TPSA) is 41.6 Å². The molecule has 2 rings (SSSR count). The molecule has 0 atom stereocenters. The number of nitrogens with one attached hydrogen (secondary N) is 1. The van der Waals surface area contributed by atoms with Gasteiger partial charge in [-0.25, -0.2) is 4.79 Å². The smallest absolute Gasteiger partial charge is 0.317 e. The first-order chi connectivity index (χ1) is 7.75. The number of rotatable bonds is 4. The molecular formula is C11H13IN2O2. The van der Waals surface area contributed by atoms with Crippen LogP contribution in [0.25, 0.3) is 0 Å². The Bertz CT molecular complexity index is 367. The maximum atomic E-state index is 11.2. The molecule has 1 aromatic carbocycles. The lowest BCUT2D eigenvalue weighted by Crippen LogP contribution is -2.31. The fourth-order valence-electron chi connectivity index (χ4n) is 1.53. The molecule has 5 heteroatoms. The Morgan fingerprint density at radius 1 is 1.38 bits per heavy atom. The zero-order chi connectivity index (χ0) is 11.4. The number of nitrogens with zero attached hydrogens (tertiary/aromatic N) is 1. The molecule has 1 saturated heterocycles. The summed E-state index contributed by atoms with van der Waals surface area (Å²) in [4.78, 5) is 13.0. The number of hydrogen-bond acceptors (Lipinski definition) is 2. The molecule has 0 saturated carbocycles. The third kappa shape index (κ3) is 3.01. The van der Waals surface area contributed by atoms with E-state index in [0.717, 1.165) is 18.8 Å². The van der Waals surface area contributed by atoms with Gasteiger partial charge < -0.3 is 15.0 Å².